The molecule has 5 aromatic carbocycles. The molecule has 0 aliphatic rings. The first-order valence-corrected chi connectivity index (χ1v) is 17.0. The molecule has 0 heterocycles. The summed E-state index contributed by atoms with van der Waals surface area (Å²) in [7, 11) is 0. The van der Waals surface area contributed by atoms with E-state index in [2.05, 4.69) is 16.0 Å². The Morgan fingerprint density at radius 2 is 1.49 bits per heavy atom. The molecule has 0 aromatic heterocycles. The van der Waals surface area contributed by atoms with Gasteiger partial charge in [0, 0.05) is 21.8 Å². The molecule has 0 spiro atoms. The van der Waals surface area contributed by atoms with Gasteiger partial charge >= 0.3 is 0 Å². The minimum Gasteiger partial charge on any atom is -0.489 e. The van der Waals surface area contributed by atoms with E-state index in [-0.39, 0.29) is 16.9 Å². The van der Waals surface area contributed by atoms with E-state index >= 15 is 0 Å². The SMILES string of the molecule is CCC(Sc1cccc(NC(=O)/C(=C\c2ccc(OCc3ccccc3)cc2)NC(=O)c2ccccc2)c1)C(=O)Nc1ccc(C)cc1C. The Kier molecular flexibility index (Phi) is 12.0. The second-order valence-corrected chi connectivity index (χ2v) is 12.8. The summed E-state index contributed by atoms with van der Waals surface area (Å²) >= 11 is 1.43. The van der Waals surface area contributed by atoms with Crippen LogP contribution in [0.4, 0.5) is 11.4 Å². The molecule has 5 aromatic rings. The van der Waals surface area contributed by atoms with Crippen LogP contribution in [0.3, 0.4) is 0 Å². The molecule has 1 atom stereocenters. The molecule has 3 amide bonds. The maximum absolute atomic E-state index is 13.7. The molecule has 0 saturated heterocycles. The molecule has 49 heavy (non-hydrogen) atoms. The maximum Gasteiger partial charge on any atom is 0.272 e. The maximum atomic E-state index is 13.7. The van der Waals surface area contributed by atoms with E-state index in [1.54, 1.807) is 36.4 Å². The lowest BCUT2D eigenvalue weighted by Crippen LogP contribution is -2.30. The predicted octanol–water partition coefficient (Wildman–Crippen LogP) is 8.80. The Morgan fingerprint density at radius 3 is 2.18 bits per heavy atom. The molecule has 0 aliphatic heterocycles. The summed E-state index contributed by atoms with van der Waals surface area (Å²) < 4.78 is 5.90. The average Bonchev–Trinajstić information content (AvgIpc) is 3.12. The lowest BCUT2D eigenvalue weighted by molar-refractivity contribution is -0.116. The van der Waals surface area contributed by atoms with Crippen molar-refractivity contribution in [3.8, 4) is 5.75 Å². The van der Waals surface area contributed by atoms with Gasteiger partial charge in [0.1, 0.15) is 18.1 Å². The first-order chi connectivity index (χ1) is 23.8. The number of carbonyl (C=O) groups excluding carboxylic acids is 3. The number of amides is 3. The van der Waals surface area contributed by atoms with Crippen molar-refractivity contribution in [2.24, 2.45) is 0 Å². The van der Waals surface area contributed by atoms with E-state index in [4.69, 9.17) is 4.74 Å². The number of anilines is 2. The highest BCUT2D eigenvalue weighted by atomic mass is 32.2. The zero-order chi connectivity index (χ0) is 34.6. The number of hydrogen-bond acceptors (Lipinski definition) is 5. The van der Waals surface area contributed by atoms with Crippen LogP contribution in [-0.2, 0) is 16.2 Å². The number of thioether (sulfide) groups is 1. The fraction of sp³-hybridized carbons (Fsp3) is 0.146. The molecular formula is C41H39N3O4S. The van der Waals surface area contributed by atoms with Gasteiger partial charge in [-0.1, -0.05) is 91.3 Å². The van der Waals surface area contributed by atoms with Crippen molar-refractivity contribution in [1.29, 1.82) is 0 Å². The molecule has 0 fully saturated rings. The fourth-order valence-electron chi connectivity index (χ4n) is 5.01. The van der Waals surface area contributed by atoms with Gasteiger partial charge in [0.25, 0.3) is 11.8 Å². The minimum atomic E-state index is -0.490. The first-order valence-electron chi connectivity index (χ1n) is 16.1. The largest absolute Gasteiger partial charge is 0.489 e. The van der Waals surface area contributed by atoms with Crippen LogP contribution in [0.2, 0.25) is 0 Å². The van der Waals surface area contributed by atoms with E-state index < -0.39 is 11.8 Å². The number of carbonyl (C=O) groups is 3. The molecule has 1 unspecified atom stereocenters. The van der Waals surface area contributed by atoms with Gasteiger partial charge in [0.15, 0.2) is 0 Å². The number of hydrogen-bond donors (Lipinski definition) is 3. The van der Waals surface area contributed by atoms with Gasteiger partial charge in [-0.3, -0.25) is 14.4 Å². The van der Waals surface area contributed by atoms with Gasteiger partial charge in [-0.25, -0.2) is 0 Å². The molecule has 0 saturated carbocycles. The Balaban J connectivity index is 1.30. The summed E-state index contributed by atoms with van der Waals surface area (Å²) in [5.74, 6) is -0.299. The number of ether oxygens (including phenoxy) is 1. The van der Waals surface area contributed by atoms with Gasteiger partial charge in [-0.05, 0) is 91.6 Å². The smallest absolute Gasteiger partial charge is 0.272 e. The van der Waals surface area contributed by atoms with Crippen LogP contribution in [0, 0.1) is 13.8 Å². The van der Waals surface area contributed by atoms with Gasteiger partial charge in [0.05, 0.1) is 5.25 Å². The minimum absolute atomic E-state index is 0.0733. The van der Waals surface area contributed by atoms with Crippen molar-refractivity contribution in [2.75, 3.05) is 10.6 Å². The van der Waals surface area contributed by atoms with E-state index in [1.165, 1.54) is 11.8 Å². The Bertz CT molecular complexity index is 1930. The summed E-state index contributed by atoms with van der Waals surface area (Å²) in [6.07, 6.45) is 2.24. The highest BCUT2D eigenvalue weighted by Gasteiger charge is 2.20. The topological polar surface area (TPSA) is 96.5 Å². The van der Waals surface area contributed by atoms with Gasteiger partial charge in [-0.2, -0.15) is 0 Å². The lowest BCUT2D eigenvalue weighted by Gasteiger charge is -2.17. The lowest BCUT2D eigenvalue weighted by atomic mass is 10.1. The Hall–Kier alpha value is -5.60. The standard InChI is InChI=1S/C41H39N3O4S/c1-4-38(41(47)43-36-23-18-28(2)24-29(36)3)49-35-17-11-16-33(26-35)42-40(46)37(44-39(45)32-14-9-6-10-15-32)25-30-19-21-34(22-20-30)48-27-31-12-7-5-8-13-31/h5-26,38H,4,27H2,1-3H3,(H,42,46)(H,43,47)(H,44,45)/b37-25+. The molecular weight excluding hydrogens is 631 g/mol. The number of nitrogens with one attached hydrogen (secondary N) is 3. The van der Waals surface area contributed by atoms with Crippen LogP contribution in [-0.4, -0.2) is 23.0 Å². The summed E-state index contributed by atoms with van der Waals surface area (Å²) in [4.78, 5) is 40.8. The second kappa shape index (κ2) is 17.0. The summed E-state index contributed by atoms with van der Waals surface area (Å²) in [6.45, 7) is 6.40. The van der Waals surface area contributed by atoms with E-state index in [9.17, 15) is 14.4 Å². The van der Waals surface area contributed by atoms with Crippen LogP contribution in [0.5, 0.6) is 5.75 Å². The molecule has 3 N–H and O–H groups in total. The van der Waals surface area contributed by atoms with Crippen molar-refractivity contribution in [3.05, 3.63) is 161 Å². The van der Waals surface area contributed by atoms with Crippen molar-refractivity contribution in [3.63, 3.8) is 0 Å². The van der Waals surface area contributed by atoms with Crippen molar-refractivity contribution >= 4 is 46.9 Å². The summed E-state index contributed by atoms with van der Waals surface area (Å²) in [5.41, 5.74) is 5.73. The van der Waals surface area contributed by atoms with Crippen LogP contribution < -0.4 is 20.7 Å². The normalized spacial score (nSPS) is 11.7. The predicted molar refractivity (Wildman–Crippen MR) is 199 cm³/mol. The third kappa shape index (κ3) is 10.2. The van der Waals surface area contributed by atoms with Crippen LogP contribution >= 0.6 is 11.8 Å². The molecule has 0 radical (unpaired) electrons. The van der Waals surface area contributed by atoms with Gasteiger partial charge < -0.3 is 20.7 Å². The highest BCUT2D eigenvalue weighted by molar-refractivity contribution is 8.00. The zero-order valence-corrected chi connectivity index (χ0v) is 28.6. The number of benzene rings is 5. The van der Waals surface area contributed by atoms with E-state index in [1.807, 2.05) is 118 Å². The van der Waals surface area contributed by atoms with Crippen LogP contribution in [0.15, 0.2) is 138 Å². The highest BCUT2D eigenvalue weighted by Crippen LogP contribution is 2.29. The van der Waals surface area contributed by atoms with Crippen molar-refractivity contribution < 1.29 is 19.1 Å². The Morgan fingerprint density at radius 1 is 0.776 bits per heavy atom. The van der Waals surface area contributed by atoms with Crippen molar-refractivity contribution in [1.82, 2.24) is 5.32 Å². The molecule has 5 rings (SSSR count). The third-order valence-corrected chi connectivity index (χ3v) is 9.00. The number of rotatable bonds is 13. The van der Waals surface area contributed by atoms with Crippen LogP contribution in [0.25, 0.3) is 6.08 Å². The van der Waals surface area contributed by atoms with Crippen LogP contribution in [0.1, 0.15) is 46.0 Å². The Labute approximate surface area is 291 Å². The average molecular weight is 670 g/mol. The molecule has 7 nitrogen and oxygen atoms in total. The monoisotopic (exact) mass is 669 g/mol. The fourth-order valence-corrected chi connectivity index (χ4v) is 6.02. The quantitative estimate of drug-likeness (QED) is 0.0860. The molecule has 8 heteroatoms. The second-order valence-electron chi connectivity index (χ2n) is 11.5. The third-order valence-electron chi connectivity index (χ3n) is 7.64. The van der Waals surface area contributed by atoms with Gasteiger partial charge in [0.2, 0.25) is 5.91 Å². The summed E-state index contributed by atoms with van der Waals surface area (Å²) in [5, 5.41) is 8.43. The van der Waals surface area contributed by atoms with Gasteiger partial charge in [-0.15, -0.1) is 11.8 Å². The summed E-state index contributed by atoms with van der Waals surface area (Å²) in [6, 6.07) is 39.2. The number of aryl methyl sites for hydroxylation is 2. The first kappa shape index (κ1) is 34.7. The van der Waals surface area contributed by atoms with Crippen molar-refractivity contribution in [2.45, 2.75) is 43.9 Å². The van der Waals surface area contributed by atoms with E-state index in [0.29, 0.717) is 35.6 Å². The molecule has 0 aliphatic carbocycles. The molecule has 0 bridgehead atoms. The molecule has 248 valence electrons. The zero-order valence-electron chi connectivity index (χ0n) is 27.7. The van der Waals surface area contributed by atoms with E-state index in [0.717, 1.165) is 27.3 Å².